The van der Waals surface area contributed by atoms with E-state index in [2.05, 4.69) is 48.4 Å². The lowest BCUT2D eigenvalue weighted by Crippen LogP contribution is -2.30. The Kier molecular flexibility index (Phi) is 7.63. The number of benzene rings is 2. The molecule has 0 aliphatic carbocycles. The van der Waals surface area contributed by atoms with Gasteiger partial charge in [0.15, 0.2) is 0 Å². The van der Waals surface area contributed by atoms with Crippen molar-refractivity contribution in [3.05, 3.63) is 90.0 Å². The summed E-state index contributed by atoms with van der Waals surface area (Å²) in [5.41, 5.74) is 6.20. The van der Waals surface area contributed by atoms with E-state index < -0.39 is 0 Å². The van der Waals surface area contributed by atoms with Crippen molar-refractivity contribution in [3.8, 4) is 11.1 Å². The first-order valence-electron chi connectivity index (χ1n) is 9.26. The minimum absolute atomic E-state index is 0.101. The van der Waals surface area contributed by atoms with Crippen LogP contribution in [0.5, 0.6) is 0 Å². The lowest BCUT2D eigenvalue weighted by atomic mass is 10.0. The SMILES string of the molecule is C=C/C(=C\C(=C/C)C(=O)NCNc1ccc(-c2ccccc2)cc1C)CC. The van der Waals surface area contributed by atoms with Crippen molar-refractivity contribution in [3.63, 3.8) is 0 Å². The molecule has 0 bridgehead atoms. The molecule has 0 atom stereocenters. The van der Waals surface area contributed by atoms with Crippen LogP contribution in [0, 0.1) is 6.92 Å². The van der Waals surface area contributed by atoms with Crippen LogP contribution in [0.3, 0.4) is 0 Å². The van der Waals surface area contributed by atoms with Crippen molar-refractivity contribution < 1.29 is 4.79 Å². The normalized spacial score (nSPS) is 11.8. The van der Waals surface area contributed by atoms with E-state index in [4.69, 9.17) is 0 Å². The standard InChI is InChI=1S/C24H28N2O/c1-5-19(6-2)16-20(7-3)24(27)26-17-25-23-14-13-22(15-18(23)4)21-11-9-8-10-12-21/h5,7-16,25H,1,6,17H2,2-4H3,(H,26,27)/b19-16+,20-7+. The van der Waals surface area contributed by atoms with E-state index in [1.54, 1.807) is 6.08 Å². The van der Waals surface area contributed by atoms with Crippen molar-refractivity contribution in [2.75, 3.05) is 12.0 Å². The number of carbonyl (C=O) groups excluding carboxylic acids is 1. The molecule has 0 fully saturated rings. The number of rotatable bonds is 8. The zero-order valence-electron chi connectivity index (χ0n) is 16.4. The molecule has 140 valence electrons. The number of allylic oxidation sites excluding steroid dienone is 3. The monoisotopic (exact) mass is 360 g/mol. The molecule has 0 saturated heterocycles. The fourth-order valence-electron chi connectivity index (χ4n) is 2.78. The Morgan fingerprint density at radius 1 is 1.11 bits per heavy atom. The summed E-state index contributed by atoms with van der Waals surface area (Å²) in [4.78, 5) is 12.4. The Hall–Kier alpha value is -3.07. The zero-order chi connectivity index (χ0) is 19.6. The maximum Gasteiger partial charge on any atom is 0.252 e. The summed E-state index contributed by atoms with van der Waals surface area (Å²) in [6.45, 7) is 10.1. The highest BCUT2D eigenvalue weighted by Gasteiger charge is 2.07. The Balaban J connectivity index is 1.98. The largest absolute Gasteiger partial charge is 0.368 e. The number of nitrogens with one attached hydrogen (secondary N) is 2. The molecule has 0 unspecified atom stereocenters. The maximum absolute atomic E-state index is 12.4. The molecule has 2 aromatic carbocycles. The summed E-state index contributed by atoms with van der Waals surface area (Å²) in [6, 6.07) is 16.6. The summed E-state index contributed by atoms with van der Waals surface area (Å²) in [7, 11) is 0. The molecule has 0 aromatic heterocycles. The zero-order valence-corrected chi connectivity index (χ0v) is 16.4. The van der Waals surface area contributed by atoms with Crippen molar-refractivity contribution in [1.29, 1.82) is 0 Å². The van der Waals surface area contributed by atoms with Crippen LogP contribution in [0.2, 0.25) is 0 Å². The minimum atomic E-state index is -0.101. The quantitative estimate of drug-likeness (QED) is 0.365. The van der Waals surface area contributed by atoms with Crippen molar-refractivity contribution in [1.82, 2.24) is 5.32 Å². The highest BCUT2D eigenvalue weighted by atomic mass is 16.1. The Morgan fingerprint density at radius 2 is 1.85 bits per heavy atom. The molecule has 1 amide bonds. The average Bonchev–Trinajstić information content (AvgIpc) is 2.70. The molecule has 3 nitrogen and oxygen atoms in total. The van der Waals surface area contributed by atoms with Crippen molar-refractivity contribution in [2.45, 2.75) is 27.2 Å². The van der Waals surface area contributed by atoms with Crippen LogP contribution in [0.4, 0.5) is 5.69 Å². The lowest BCUT2D eigenvalue weighted by Gasteiger charge is -2.13. The highest BCUT2D eigenvalue weighted by molar-refractivity contribution is 5.96. The van der Waals surface area contributed by atoms with Crippen LogP contribution < -0.4 is 10.6 Å². The van der Waals surface area contributed by atoms with E-state index in [0.717, 1.165) is 23.2 Å². The maximum atomic E-state index is 12.4. The Labute approximate surface area is 162 Å². The summed E-state index contributed by atoms with van der Waals surface area (Å²) in [6.07, 6.45) is 6.32. The molecule has 0 aliphatic heterocycles. The minimum Gasteiger partial charge on any atom is -0.368 e. The predicted octanol–water partition coefficient (Wildman–Crippen LogP) is 5.62. The molecule has 0 radical (unpaired) electrons. The van der Waals surface area contributed by atoms with E-state index in [-0.39, 0.29) is 5.91 Å². The topological polar surface area (TPSA) is 41.1 Å². The van der Waals surface area contributed by atoms with Crippen molar-refractivity contribution >= 4 is 11.6 Å². The van der Waals surface area contributed by atoms with E-state index in [1.807, 2.05) is 50.3 Å². The van der Waals surface area contributed by atoms with Gasteiger partial charge in [-0.1, -0.05) is 62.1 Å². The van der Waals surface area contributed by atoms with E-state index in [9.17, 15) is 4.79 Å². The smallest absolute Gasteiger partial charge is 0.252 e. The fourth-order valence-corrected chi connectivity index (χ4v) is 2.78. The second-order valence-electron chi connectivity index (χ2n) is 6.28. The molecule has 2 aromatic rings. The second kappa shape index (κ2) is 10.2. The molecule has 3 heteroatoms. The van der Waals surface area contributed by atoms with Gasteiger partial charge in [-0.25, -0.2) is 0 Å². The first kappa shape index (κ1) is 20.2. The number of aryl methyl sites for hydroxylation is 1. The molecule has 0 heterocycles. The average molecular weight is 361 g/mol. The van der Waals surface area contributed by atoms with Gasteiger partial charge in [0.05, 0.1) is 6.67 Å². The van der Waals surface area contributed by atoms with Crippen LogP contribution in [-0.2, 0) is 4.79 Å². The fraction of sp³-hybridized carbons (Fsp3) is 0.208. The van der Waals surface area contributed by atoms with E-state index in [1.165, 1.54) is 11.1 Å². The first-order valence-corrected chi connectivity index (χ1v) is 9.26. The van der Waals surface area contributed by atoms with Crippen molar-refractivity contribution in [2.24, 2.45) is 0 Å². The third kappa shape index (κ3) is 5.71. The van der Waals surface area contributed by atoms with Gasteiger partial charge in [-0.15, -0.1) is 0 Å². The second-order valence-corrected chi connectivity index (χ2v) is 6.28. The van der Waals surface area contributed by atoms with Crippen LogP contribution in [-0.4, -0.2) is 12.6 Å². The molecule has 2 rings (SSSR count). The number of hydrogen-bond donors (Lipinski definition) is 2. The molecule has 0 spiro atoms. The Morgan fingerprint density at radius 3 is 2.44 bits per heavy atom. The van der Waals surface area contributed by atoms with Gasteiger partial charge < -0.3 is 10.6 Å². The van der Waals surface area contributed by atoms with Gasteiger partial charge in [0.25, 0.3) is 5.91 Å². The van der Waals surface area contributed by atoms with Crippen LogP contribution in [0.1, 0.15) is 25.8 Å². The van der Waals surface area contributed by atoms with Gasteiger partial charge >= 0.3 is 0 Å². The highest BCUT2D eigenvalue weighted by Crippen LogP contribution is 2.24. The van der Waals surface area contributed by atoms with E-state index in [0.29, 0.717) is 12.2 Å². The number of carbonyl (C=O) groups is 1. The van der Waals surface area contributed by atoms with Crippen LogP contribution in [0.25, 0.3) is 11.1 Å². The summed E-state index contributed by atoms with van der Waals surface area (Å²) in [5.74, 6) is -0.101. The third-order valence-corrected chi connectivity index (χ3v) is 4.45. The third-order valence-electron chi connectivity index (χ3n) is 4.45. The van der Waals surface area contributed by atoms with Gasteiger partial charge in [-0.05, 0) is 60.7 Å². The van der Waals surface area contributed by atoms with E-state index >= 15 is 0 Å². The number of amides is 1. The molecule has 0 saturated carbocycles. The van der Waals surface area contributed by atoms with Gasteiger partial charge in [0.2, 0.25) is 0 Å². The molecule has 2 N–H and O–H groups in total. The summed E-state index contributed by atoms with van der Waals surface area (Å²) in [5, 5.41) is 6.19. The van der Waals surface area contributed by atoms with Gasteiger partial charge in [0, 0.05) is 11.3 Å². The van der Waals surface area contributed by atoms with Gasteiger partial charge in [-0.2, -0.15) is 0 Å². The number of anilines is 1. The summed E-state index contributed by atoms with van der Waals surface area (Å²) >= 11 is 0. The molecular weight excluding hydrogens is 332 g/mol. The van der Waals surface area contributed by atoms with Gasteiger partial charge in [0.1, 0.15) is 0 Å². The summed E-state index contributed by atoms with van der Waals surface area (Å²) < 4.78 is 0. The van der Waals surface area contributed by atoms with Crippen LogP contribution in [0.15, 0.2) is 84.5 Å². The molecule has 27 heavy (non-hydrogen) atoms. The molecular formula is C24H28N2O. The number of hydrogen-bond acceptors (Lipinski definition) is 2. The first-order chi connectivity index (χ1) is 13.1. The van der Waals surface area contributed by atoms with Gasteiger partial charge in [-0.3, -0.25) is 4.79 Å². The lowest BCUT2D eigenvalue weighted by molar-refractivity contribution is -0.117. The Bertz CT molecular complexity index is 848. The molecule has 0 aliphatic rings. The van der Waals surface area contributed by atoms with Crippen LogP contribution >= 0.6 is 0 Å². The predicted molar refractivity (Wildman–Crippen MR) is 116 cm³/mol.